The number of carbonyl (C=O) groups excluding carboxylic acids is 2. The summed E-state index contributed by atoms with van der Waals surface area (Å²) in [4.78, 5) is 25.1. The van der Waals surface area contributed by atoms with Crippen LogP contribution in [0.4, 0.5) is 13.2 Å². The molecule has 1 saturated heterocycles. The van der Waals surface area contributed by atoms with E-state index in [9.17, 15) is 22.8 Å². The normalized spacial score (nSPS) is 22.8. The minimum Gasteiger partial charge on any atom is -0.457 e. The van der Waals surface area contributed by atoms with Crippen molar-refractivity contribution < 1.29 is 27.5 Å². The second kappa shape index (κ2) is 7.51. The monoisotopic (exact) mass is 416 g/mol. The van der Waals surface area contributed by atoms with Gasteiger partial charge in [-0.1, -0.05) is 36.9 Å². The number of ether oxygens (including phenoxy) is 1. The molecule has 8 heteroatoms. The van der Waals surface area contributed by atoms with Crippen molar-refractivity contribution in [1.29, 1.82) is 0 Å². The fraction of sp³-hybridized carbons (Fsp3) is 0.273. The molecule has 2 N–H and O–H groups in total. The van der Waals surface area contributed by atoms with Crippen molar-refractivity contribution in [3.8, 4) is 11.5 Å². The number of halogens is 3. The minimum absolute atomic E-state index is 0.174. The van der Waals surface area contributed by atoms with Crippen LogP contribution in [0.15, 0.2) is 49.0 Å². The van der Waals surface area contributed by atoms with Crippen molar-refractivity contribution in [2.75, 3.05) is 0 Å². The van der Waals surface area contributed by atoms with Gasteiger partial charge in [0.2, 0.25) is 11.8 Å². The van der Waals surface area contributed by atoms with Gasteiger partial charge in [0.25, 0.3) is 0 Å². The number of hydrogen-bond donors (Lipinski definition) is 2. The number of rotatable bonds is 3. The maximum absolute atomic E-state index is 12.9. The molecule has 0 aliphatic carbocycles. The molecule has 3 unspecified atom stereocenters. The Labute approximate surface area is 170 Å². The number of fused-ring (bicyclic) bond motifs is 2. The summed E-state index contributed by atoms with van der Waals surface area (Å²) in [5.41, 5.74) is 2.20. The van der Waals surface area contributed by atoms with Gasteiger partial charge in [0.15, 0.2) is 0 Å². The van der Waals surface area contributed by atoms with E-state index in [1.165, 1.54) is 0 Å². The maximum atomic E-state index is 12.9. The highest BCUT2D eigenvalue weighted by Crippen LogP contribution is 2.43. The Hall–Kier alpha value is -3.29. The third-order valence-corrected chi connectivity index (χ3v) is 5.41. The van der Waals surface area contributed by atoms with Crippen molar-refractivity contribution in [3.63, 3.8) is 0 Å². The molecule has 4 rings (SSSR count). The van der Waals surface area contributed by atoms with Gasteiger partial charge in [0, 0.05) is 11.1 Å². The van der Waals surface area contributed by atoms with Crippen molar-refractivity contribution >= 4 is 17.9 Å². The number of amides is 2. The number of benzene rings is 2. The van der Waals surface area contributed by atoms with Crippen LogP contribution >= 0.6 is 0 Å². The van der Waals surface area contributed by atoms with Gasteiger partial charge in [-0.05, 0) is 36.6 Å². The molecular weight excluding hydrogens is 397 g/mol. The number of nitrogens with one attached hydrogen (secondary N) is 2. The third-order valence-electron chi connectivity index (χ3n) is 5.41. The Bertz CT molecular complexity index is 1020. The smallest absolute Gasteiger partial charge is 0.408 e. The molecule has 2 aromatic carbocycles. The average molecular weight is 416 g/mol. The van der Waals surface area contributed by atoms with Crippen molar-refractivity contribution in [2.45, 2.75) is 31.1 Å². The van der Waals surface area contributed by atoms with Gasteiger partial charge >= 0.3 is 6.18 Å². The first-order chi connectivity index (χ1) is 14.3. The standard InChI is InChI=1S/C22H19F3N2O3/c1-2-12-7-9-17-15(11-12)19(13-5-3-4-6-16(13)30-17)27-21(29)14-8-10-18(22(23,24)25)26-20(14)28/h2-7,9,11,14,18-19H,1,8,10H2,(H,26,28)(H,27,29). The summed E-state index contributed by atoms with van der Waals surface area (Å²) in [7, 11) is 0. The summed E-state index contributed by atoms with van der Waals surface area (Å²) in [6.45, 7) is 3.75. The Morgan fingerprint density at radius 1 is 1.13 bits per heavy atom. The van der Waals surface area contributed by atoms with Gasteiger partial charge < -0.3 is 15.4 Å². The third kappa shape index (κ3) is 3.65. The summed E-state index contributed by atoms with van der Waals surface area (Å²) in [6, 6.07) is 10.0. The lowest BCUT2D eigenvalue weighted by molar-refractivity contribution is -0.171. The number of piperidine rings is 1. The Balaban J connectivity index is 1.61. The lowest BCUT2D eigenvalue weighted by Gasteiger charge is -2.33. The van der Waals surface area contributed by atoms with Gasteiger partial charge in [-0.2, -0.15) is 13.2 Å². The molecule has 2 heterocycles. The van der Waals surface area contributed by atoms with Gasteiger partial charge in [-0.15, -0.1) is 0 Å². The predicted molar refractivity (Wildman–Crippen MR) is 104 cm³/mol. The average Bonchev–Trinajstić information content (AvgIpc) is 2.72. The fourth-order valence-corrected chi connectivity index (χ4v) is 3.81. The summed E-state index contributed by atoms with van der Waals surface area (Å²) >= 11 is 0. The first-order valence-electron chi connectivity index (χ1n) is 9.48. The predicted octanol–water partition coefficient (Wildman–Crippen LogP) is 4.10. The van der Waals surface area contributed by atoms with Gasteiger partial charge in [0.1, 0.15) is 23.5 Å². The van der Waals surface area contributed by atoms with Crippen molar-refractivity contribution in [3.05, 3.63) is 65.7 Å². The number of para-hydroxylation sites is 1. The molecule has 3 atom stereocenters. The van der Waals surface area contributed by atoms with E-state index in [0.717, 1.165) is 5.56 Å². The van der Waals surface area contributed by atoms with Crippen LogP contribution < -0.4 is 15.4 Å². The van der Waals surface area contributed by atoms with Crippen molar-refractivity contribution in [2.24, 2.45) is 5.92 Å². The zero-order valence-electron chi connectivity index (χ0n) is 15.8. The molecule has 2 aliphatic rings. The highest BCUT2D eigenvalue weighted by atomic mass is 19.4. The van der Waals surface area contributed by atoms with E-state index in [1.807, 2.05) is 17.4 Å². The zero-order chi connectivity index (χ0) is 21.5. The van der Waals surface area contributed by atoms with Crippen LogP contribution in [0.2, 0.25) is 0 Å². The topological polar surface area (TPSA) is 67.4 Å². The number of carbonyl (C=O) groups is 2. The molecule has 1 fully saturated rings. The lowest BCUT2D eigenvalue weighted by Crippen LogP contribution is -2.54. The van der Waals surface area contributed by atoms with Crippen LogP contribution in [0, 0.1) is 5.92 Å². The first-order valence-corrected chi connectivity index (χ1v) is 9.48. The Morgan fingerprint density at radius 3 is 2.57 bits per heavy atom. The maximum Gasteiger partial charge on any atom is 0.408 e. The second-order valence-electron chi connectivity index (χ2n) is 7.32. The van der Waals surface area contributed by atoms with Gasteiger partial charge in [-0.3, -0.25) is 9.59 Å². The van der Waals surface area contributed by atoms with E-state index >= 15 is 0 Å². The molecule has 2 amide bonds. The van der Waals surface area contributed by atoms with Crippen LogP contribution in [0.1, 0.15) is 35.6 Å². The van der Waals surface area contributed by atoms with Crippen LogP contribution in [0.5, 0.6) is 11.5 Å². The van der Waals surface area contributed by atoms with Gasteiger partial charge in [0.05, 0.1) is 6.04 Å². The Kier molecular flexibility index (Phi) is 5.01. The van der Waals surface area contributed by atoms with E-state index < -0.39 is 36.0 Å². The number of alkyl halides is 3. The van der Waals surface area contributed by atoms with Crippen molar-refractivity contribution in [1.82, 2.24) is 10.6 Å². The molecule has 2 aromatic rings. The molecule has 2 aliphatic heterocycles. The van der Waals surface area contributed by atoms with E-state index in [-0.39, 0.29) is 12.8 Å². The quantitative estimate of drug-likeness (QED) is 0.741. The second-order valence-corrected chi connectivity index (χ2v) is 7.32. The fourth-order valence-electron chi connectivity index (χ4n) is 3.81. The van der Waals surface area contributed by atoms with Crippen LogP contribution in [0.25, 0.3) is 6.08 Å². The molecule has 0 aromatic heterocycles. The molecule has 0 saturated carbocycles. The SMILES string of the molecule is C=Cc1ccc2c(c1)C(NC(=O)C1CCC(C(F)(F)F)NC1=O)c1ccccc1O2. The van der Waals surface area contributed by atoms with E-state index in [2.05, 4.69) is 11.9 Å². The van der Waals surface area contributed by atoms with Crippen LogP contribution in [-0.4, -0.2) is 24.0 Å². The minimum atomic E-state index is -4.53. The van der Waals surface area contributed by atoms with E-state index in [0.29, 0.717) is 22.6 Å². The summed E-state index contributed by atoms with van der Waals surface area (Å²) in [5, 5.41) is 4.76. The molecule has 156 valence electrons. The molecule has 0 radical (unpaired) electrons. The highest BCUT2D eigenvalue weighted by Gasteiger charge is 2.46. The largest absolute Gasteiger partial charge is 0.457 e. The first kappa shape index (κ1) is 20.0. The highest BCUT2D eigenvalue weighted by molar-refractivity contribution is 6.01. The van der Waals surface area contributed by atoms with Crippen LogP contribution in [-0.2, 0) is 9.59 Å². The summed E-state index contributed by atoms with van der Waals surface area (Å²) in [5.74, 6) is -1.61. The number of hydrogen-bond acceptors (Lipinski definition) is 3. The van der Waals surface area contributed by atoms with E-state index in [1.54, 1.807) is 36.4 Å². The Morgan fingerprint density at radius 2 is 1.87 bits per heavy atom. The summed E-state index contributed by atoms with van der Waals surface area (Å²) < 4.78 is 44.6. The zero-order valence-corrected chi connectivity index (χ0v) is 15.8. The summed E-state index contributed by atoms with van der Waals surface area (Å²) in [6.07, 6.45) is -3.39. The lowest BCUT2D eigenvalue weighted by atomic mass is 9.90. The van der Waals surface area contributed by atoms with Crippen LogP contribution in [0.3, 0.4) is 0 Å². The van der Waals surface area contributed by atoms with Gasteiger partial charge in [-0.25, -0.2) is 0 Å². The molecule has 0 spiro atoms. The molecule has 30 heavy (non-hydrogen) atoms. The van der Waals surface area contributed by atoms with E-state index in [4.69, 9.17) is 4.74 Å². The molecule has 5 nitrogen and oxygen atoms in total. The molecular formula is C22H19F3N2O3. The molecule has 0 bridgehead atoms.